The Bertz CT molecular complexity index is 335. The van der Waals surface area contributed by atoms with Crippen LogP contribution in [0.3, 0.4) is 0 Å². The molecule has 0 spiro atoms. The molecule has 2 atom stereocenters. The zero-order chi connectivity index (χ0) is 11.1. The smallest absolute Gasteiger partial charge is 0.150 e. The van der Waals surface area contributed by atoms with Gasteiger partial charge in [0.15, 0.2) is 0 Å². The van der Waals surface area contributed by atoms with Crippen LogP contribution < -0.4 is 5.32 Å². The maximum atomic E-state index is 11.5. The van der Waals surface area contributed by atoms with Crippen molar-refractivity contribution < 1.29 is 13.5 Å². The Balaban J connectivity index is 2.04. The summed E-state index contributed by atoms with van der Waals surface area (Å²) >= 11 is 0. The predicted molar refractivity (Wildman–Crippen MR) is 58.4 cm³/mol. The highest BCUT2D eigenvalue weighted by atomic mass is 32.2. The van der Waals surface area contributed by atoms with Gasteiger partial charge in [0.05, 0.1) is 10.9 Å². The van der Waals surface area contributed by atoms with Crippen LogP contribution in [0, 0.1) is 5.92 Å². The molecule has 1 saturated heterocycles. The molecule has 0 aromatic rings. The Morgan fingerprint density at radius 2 is 2.00 bits per heavy atom. The summed E-state index contributed by atoms with van der Waals surface area (Å²) in [7, 11) is -2.93. The van der Waals surface area contributed by atoms with E-state index in [4.69, 9.17) is 0 Å². The SMILES string of the molecule is CS(=O)(=O)C1CCCC(C2(O)CNC2)C1. The van der Waals surface area contributed by atoms with Gasteiger partial charge in [-0.3, -0.25) is 0 Å². The van der Waals surface area contributed by atoms with Gasteiger partial charge >= 0.3 is 0 Å². The maximum absolute atomic E-state index is 11.5. The van der Waals surface area contributed by atoms with Crippen LogP contribution in [0.1, 0.15) is 25.7 Å². The molecular weight excluding hydrogens is 214 g/mol. The highest BCUT2D eigenvalue weighted by Crippen LogP contribution is 2.37. The molecule has 0 bridgehead atoms. The van der Waals surface area contributed by atoms with Crippen molar-refractivity contribution in [1.82, 2.24) is 5.32 Å². The van der Waals surface area contributed by atoms with E-state index in [-0.39, 0.29) is 11.2 Å². The zero-order valence-electron chi connectivity index (χ0n) is 9.07. The summed E-state index contributed by atoms with van der Waals surface area (Å²) in [4.78, 5) is 0. The Morgan fingerprint density at radius 1 is 1.33 bits per heavy atom. The monoisotopic (exact) mass is 233 g/mol. The van der Waals surface area contributed by atoms with Crippen molar-refractivity contribution in [2.75, 3.05) is 19.3 Å². The van der Waals surface area contributed by atoms with Crippen LogP contribution in [0.2, 0.25) is 0 Å². The number of hydrogen-bond acceptors (Lipinski definition) is 4. The van der Waals surface area contributed by atoms with Crippen LogP contribution in [-0.2, 0) is 9.84 Å². The summed E-state index contributed by atoms with van der Waals surface area (Å²) in [5, 5.41) is 13.0. The standard InChI is InChI=1S/C10H19NO3S/c1-15(13,14)9-4-2-3-8(5-9)10(12)6-11-7-10/h8-9,11-12H,2-7H2,1H3. The minimum Gasteiger partial charge on any atom is -0.387 e. The van der Waals surface area contributed by atoms with E-state index in [1.165, 1.54) is 6.26 Å². The number of hydrogen-bond donors (Lipinski definition) is 2. The Hall–Kier alpha value is -0.130. The van der Waals surface area contributed by atoms with Crippen molar-refractivity contribution in [3.05, 3.63) is 0 Å². The number of β-amino-alcohol motifs (C(OH)–C–C–N with tert-alkyl or cyclic N) is 1. The van der Waals surface area contributed by atoms with Crippen LogP contribution in [0.4, 0.5) is 0 Å². The van der Waals surface area contributed by atoms with E-state index in [1.54, 1.807) is 0 Å². The minimum absolute atomic E-state index is 0.159. The first kappa shape index (κ1) is 11.4. The van der Waals surface area contributed by atoms with Crippen molar-refractivity contribution in [2.45, 2.75) is 36.5 Å². The third-order valence-corrected chi connectivity index (χ3v) is 5.49. The Kier molecular flexibility index (Phi) is 2.81. The predicted octanol–water partition coefficient (Wildman–Crippen LogP) is -0.0759. The van der Waals surface area contributed by atoms with Gasteiger partial charge in [0.2, 0.25) is 0 Å². The van der Waals surface area contributed by atoms with Crippen molar-refractivity contribution in [1.29, 1.82) is 0 Å². The molecule has 2 unspecified atom stereocenters. The van der Waals surface area contributed by atoms with Gasteiger partial charge in [-0.25, -0.2) is 8.42 Å². The van der Waals surface area contributed by atoms with Crippen LogP contribution >= 0.6 is 0 Å². The average Bonchev–Trinajstić information content (AvgIpc) is 2.13. The van der Waals surface area contributed by atoms with Gasteiger partial charge in [0.25, 0.3) is 0 Å². The van der Waals surface area contributed by atoms with Crippen molar-refractivity contribution in [2.24, 2.45) is 5.92 Å². The van der Waals surface area contributed by atoms with Gasteiger partial charge in [-0.2, -0.15) is 0 Å². The van der Waals surface area contributed by atoms with E-state index < -0.39 is 15.4 Å². The van der Waals surface area contributed by atoms with E-state index in [0.717, 1.165) is 19.3 Å². The molecule has 0 aromatic heterocycles. The number of aliphatic hydroxyl groups is 1. The summed E-state index contributed by atoms with van der Waals surface area (Å²) in [6.45, 7) is 1.24. The van der Waals surface area contributed by atoms with Crippen molar-refractivity contribution >= 4 is 9.84 Å². The van der Waals surface area contributed by atoms with E-state index in [2.05, 4.69) is 5.32 Å². The van der Waals surface area contributed by atoms with Crippen molar-refractivity contribution in [3.63, 3.8) is 0 Å². The van der Waals surface area contributed by atoms with Gasteiger partial charge in [-0.1, -0.05) is 6.42 Å². The van der Waals surface area contributed by atoms with Crippen LogP contribution in [0.25, 0.3) is 0 Å². The molecule has 2 aliphatic rings. The minimum atomic E-state index is -2.93. The van der Waals surface area contributed by atoms with Crippen LogP contribution in [0.5, 0.6) is 0 Å². The largest absolute Gasteiger partial charge is 0.387 e. The van der Waals surface area contributed by atoms with Crippen LogP contribution in [-0.4, -0.2) is 43.7 Å². The number of sulfone groups is 1. The van der Waals surface area contributed by atoms with Gasteiger partial charge in [0.1, 0.15) is 9.84 Å². The average molecular weight is 233 g/mol. The number of nitrogens with one attached hydrogen (secondary N) is 1. The fourth-order valence-electron chi connectivity index (χ4n) is 2.69. The van der Waals surface area contributed by atoms with E-state index in [1.807, 2.05) is 0 Å². The number of rotatable bonds is 2. The first-order chi connectivity index (χ1) is 6.92. The second kappa shape index (κ2) is 3.71. The van der Waals surface area contributed by atoms with Gasteiger partial charge in [-0.05, 0) is 25.2 Å². The lowest BCUT2D eigenvalue weighted by Crippen LogP contribution is -2.64. The summed E-state index contributed by atoms with van der Waals surface area (Å²) in [6, 6.07) is 0. The Labute approximate surface area is 91.0 Å². The van der Waals surface area contributed by atoms with E-state index >= 15 is 0 Å². The molecule has 2 fully saturated rings. The molecule has 0 amide bonds. The second-order valence-corrected chi connectivity index (χ2v) is 7.35. The molecule has 1 aliphatic heterocycles. The maximum Gasteiger partial charge on any atom is 0.150 e. The first-order valence-corrected chi connectivity index (χ1v) is 7.49. The molecule has 5 heteroatoms. The summed E-state index contributed by atoms with van der Waals surface area (Å²) < 4.78 is 22.9. The topological polar surface area (TPSA) is 66.4 Å². The molecule has 88 valence electrons. The normalized spacial score (nSPS) is 35.9. The quantitative estimate of drug-likeness (QED) is 0.700. The third-order valence-electron chi connectivity index (χ3n) is 3.85. The molecule has 2 rings (SSSR count). The zero-order valence-corrected chi connectivity index (χ0v) is 9.89. The van der Waals surface area contributed by atoms with Gasteiger partial charge < -0.3 is 10.4 Å². The molecule has 4 nitrogen and oxygen atoms in total. The van der Waals surface area contributed by atoms with Gasteiger partial charge in [-0.15, -0.1) is 0 Å². The lowest BCUT2D eigenvalue weighted by Gasteiger charge is -2.46. The second-order valence-electron chi connectivity index (χ2n) is 5.02. The molecule has 0 radical (unpaired) electrons. The molecule has 1 heterocycles. The van der Waals surface area contributed by atoms with Gasteiger partial charge in [0, 0.05) is 19.3 Å². The first-order valence-electron chi connectivity index (χ1n) is 5.54. The summed E-state index contributed by atoms with van der Waals surface area (Å²) in [5.74, 6) is 0.159. The molecule has 1 aliphatic carbocycles. The fraction of sp³-hybridized carbons (Fsp3) is 1.00. The van der Waals surface area contributed by atoms with E-state index in [9.17, 15) is 13.5 Å². The van der Waals surface area contributed by atoms with E-state index in [0.29, 0.717) is 19.5 Å². The van der Waals surface area contributed by atoms with Crippen LogP contribution in [0.15, 0.2) is 0 Å². The third kappa shape index (κ3) is 2.19. The molecule has 0 aromatic carbocycles. The highest BCUT2D eigenvalue weighted by Gasteiger charge is 2.45. The lowest BCUT2D eigenvalue weighted by atomic mass is 9.73. The molecule has 1 saturated carbocycles. The molecular formula is C10H19NO3S. The lowest BCUT2D eigenvalue weighted by molar-refractivity contribution is -0.0722. The molecule has 15 heavy (non-hydrogen) atoms. The molecule has 2 N–H and O–H groups in total. The Morgan fingerprint density at radius 3 is 2.47 bits per heavy atom. The summed E-state index contributed by atoms with van der Waals surface area (Å²) in [6.07, 6.45) is 4.59. The highest BCUT2D eigenvalue weighted by molar-refractivity contribution is 7.91. The summed E-state index contributed by atoms with van der Waals surface area (Å²) in [5.41, 5.74) is -0.636. The fourth-order valence-corrected chi connectivity index (χ4v) is 3.87. The van der Waals surface area contributed by atoms with Crippen molar-refractivity contribution in [3.8, 4) is 0 Å².